The van der Waals surface area contributed by atoms with Crippen LogP contribution in [0.4, 0.5) is 5.69 Å². The van der Waals surface area contributed by atoms with Gasteiger partial charge in [0.2, 0.25) is 10.0 Å². The molecule has 2 aromatic carbocycles. The summed E-state index contributed by atoms with van der Waals surface area (Å²) in [5, 5.41) is 5.70. The maximum atomic E-state index is 13.0. The molecule has 2 aromatic rings. The summed E-state index contributed by atoms with van der Waals surface area (Å²) in [4.78, 5) is 12.7. The fraction of sp³-hybridized carbons (Fsp3) is 0.462. The lowest BCUT2D eigenvalue weighted by Gasteiger charge is -2.30. The van der Waals surface area contributed by atoms with Crippen molar-refractivity contribution in [3.63, 3.8) is 0 Å². The minimum Gasteiger partial charge on any atom is -0.494 e. The standard InChI is InChI=1S/C26H35N3O4S2/c1-19(2)17-18-33-23-13-9-20(10-14-23)25(30)28-26(34)27-21-11-15-24(16-12-21)35(31,32)29(3)22-7-5-4-6-8-22/h9-16,19,22H,4-8,17-18H2,1-3H3,(H2,27,28,30,34). The maximum absolute atomic E-state index is 13.0. The molecule has 2 N–H and O–H groups in total. The molecule has 7 nitrogen and oxygen atoms in total. The minimum atomic E-state index is -3.56. The minimum absolute atomic E-state index is 0.0509. The van der Waals surface area contributed by atoms with Crippen LogP contribution in [0.1, 0.15) is 62.7 Å². The van der Waals surface area contributed by atoms with Gasteiger partial charge in [0, 0.05) is 24.3 Å². The predicted molar refractivity (Wildman–Crippen MR) is 143 cm³/mol. The van der Waals surface area contributed by atoms with Crippen LogP contribution in [0.15, 0.2) is 53.4 Å². The van der Waals surface area contributed by atoms with E-state index in [0.717, 1.165) is 32.1 Å². The summed E-state index contributed by atoms with van der Waals surface area (Å²) in [5.41, 5.74) is 1.04. The van der Waals surface area contributed by atoms with Gasteiger partial charge in [0.05, 0.1) is 11.5 Å². The largest absolute Gasteiger partial charge is 0.494 e. The molecule has 35 heavy (non-hydrogen) atoms. The first-order valence-corrected chi connectivity index (χ1v) is 13.9. The van der Waals surface area contributed by atoms with Crippen LogP contribution in [0.25, 0.3) is 0 Å². The predicted octanol–water partition coefficient (Wildman–Crippen LogP) is 5.19. The topological polar surface area (TPSA) is 87.7 Å². The summed E-state index contributed by atoms with van der Waals surface area (Å²) >= 11 is 5.26. The molecule has 9 heteroatoms. The van der Waals surface area contributed by atoms with Crippen molar-refractivity contribution in [3.8, 4) is 5.75 Å². The van der Waals surface area contributed by atoms with E-state index in [4.69, 9.17) is 17.0 Å². The lowest BCUT2D eigenvalue weighted by Crippen LogP contribution is -2.38. The lowest BCUT2D eigenvalue weighted by molar-refractivity contribution is 0.0977. The van der Waals surface area contributed by atoms with Crippen molar-refractivity contribution >= 4 is 38.9 Å². The van der Waals surface area contributed by atoms with E-state index >= 15 is 0 Å². The molecule has 0 spiro atoms. The van der Waals surface area contributed by atoms with Crippen molar-refractivity contribution in [2.24, 2.45) is 5.92 Å². The van der Waals surface area contributed by atoms with Crippen LogP contribution in [0.2, 0.25) is 0 Å². The fourth-order valence-corrected chi connectivity index (χ4v) is 5.60. The number of hydrogen-bond acceptors (Lipinski definition) is 5. The first kappa shape index (κ1) is 27.1. The molecular formula is C26H35N3O4S2. The number of sulfonamides is 1. The summed E-state index contributed by atoms with van der Waals surface area (Å²) in [6.45, 7) is 4.91. The van der Waals surface area contributed by atoms with Crippen LogP contribution in [0.5, 0.6) is 5.75 Å². The summed E-state index contributed by atoms with van der Waals surface area (Å²) in [6.07, 6.45) is 6.06. The summed E-state index contributed by atoms with van der Waals surface area (Å²) in [5.74, 6) is 0.939. The Morgan fingerprint density at radius 2 is 1.69 bits per heavy atom. The summed E-state index contributed by atoms with van der Waals surface area (Å²) < 4.78 is 33.2. The number of nitrogens with zero attached hydrogens (tertiary/aromatic N) is 1. The number of carbonyl (C=O) groups is 1. The molecular weight excluding hydrogens is 482 g/mol. The molecule has 1 aliphatic carbocycles. The Balaban J connectivity index is 1.53. The van der Waals surface area contributed by atoms with Gasteiger partial charge in [-0.1, -0.05) is 33.1 Å². The highest BCUT2D eigenvalue weighted by Crippen LogP contribution is 2.27. The second-order valence-corrected chi connectivity index (χ2v) is 11.7. The molecule has 0 atom stereocenters. The van der Waals surface area contributed by atoms with E-state index in [1.165, 1.54) is 10.7 Å². The molecule has 0 bridgehead atoms. The van der Waals surface area contributed by atoms with Crippen molar-refractivity contribution in [1.82, 2.24) is 9.62 Å². The molecule has 1 saturated carbocycles. The Bertz CT molecular complexity index is 1090. The van der Waals surface area contributed by atoms with Crippen LogP contribution in [0.3, 0.4) is 0 Å². The van der Waals surface area contributed by atoms with Gasteiger partial charge in [0.1, 0.15) is 5.75 Å². The lowest BCUT2D eigenvalue weighted by atomic mass is 9.96. The van der Waals surface area contributed by atoms with Gasteiger partial charge in [-0.3, -0.25) is 10.1 Å². The molecule has 1 fully saturated rings. The average Bonchev–Trinajstić information content (AvgIpc) is 2.84. The Hall–Kier alpha value is -2.49. The molecule has 190 valence electrons. The zero-order valence-corrected chi connectivity index (χ0v) is 22.3. The highest BCUT2D eigenvalue weighted by atomic mass is 32.2. The molecule has 0 radical (unpaired) electrons. The van der Waals surface area contributed by atoms with Crippen LogP contribution in [-0.2, 0) is 10.0 Å². The smallest absolute Gasteiger partial charge is 0.257 e. The molecule has 1 amide bonds. The number of rotatable bonds is 9. The second kappa shape index (κ2) is 12.5. The number of nitrogens with one attached hydrogen (secondary N) is 2. The van der Waals surface area contributed by atoms with E-state index in [2.05, 4.69) is 24.5 Å². The monoisotopic (exact) mass is 517 g/mol. The van der Waals surface area contributed by atoms with Gasteiger partial charge in [-0.25, -0.2) is 8.42 Å². The molecule has 1 aliphatic rings. The highest BCUT2D eigenvalue weighted by Gasteiger charge is 2.28. The van der Waals surface area contributed by atoms with E-state index in [9.17, 15) is 13.2 Å². The third kappa shape index (κ3) is 7.75. The zero-order valence-electron chi connectivity index (χ0n) is 20.6. The van der Waals surface area contributed by atoms with E-state index in [1.807, 2.05) is 0 Å². The molecule has 0 aromatic heterocycles. The molecule has 0 saturated heterocycles. The molecule has 3 rings (SSSR count). The third-order valence-electron chi connectivity index (χ3n) is 6.19. The van der Waals surface area contributed by atoms with E-state index in [0.29, 0.717) is 29.5 Å². The average molecular weight is 518 g/mol. The number of benzene rings is 2. The van der Waals surface area contributed by atoms with Gasteiger partial charge < -0.3 is 10.1 Å². The van der Waals surface area contributed by atoms with Gasteiger partial charge in [0.25, 0.3) is 5.91 Å². The number of carbonyl (C=O) groups excluding carboxylic acids is 1. The van der Waals surface area contributed by atoms with Crippen molar-refractivity contribution in [3.05, 3.63) is 54.1 Å². The van der Waals surface area contributed by atoms with Gasteiger partial charge in [0.15, 0.2) is 5.11 Å². The van der Waals surface area contributed by atoms with Crippen molar-refractivity contribution in [2.45, 2.75) is 63.3 Å². The van der Waals surface area contributed by atoms with Gasteiger partial charge in [-0.05, 0) is 85.9 Å². The molecule has 0 aliphatic heterocycles. The van der Waals surface area contributed by atoms with Crippen LogP contribution >= 0.6 is 12.2 Å². The Morgan fingerprint density at radius 1 is 1.06 bits per heavy atom. The SMILES string of the molecule is CC(C)CCOc1ccc(C(=O)NC(=S)Nc2ccc(S(=O)(=O)N(C)C3CCCCC3)cc2)cc1. The van der Waals surface area contributed by atoms with Crippen molar-refractivity contribution < 1.29 is 17.9 Å². The molecule has 0 unspecified atom stereocenters. The van der Waals surface area contributed by atoms with E-state index < -0.39 is 10.0 Å². The molecule has 0 heterocycles. The van der Waals surface area contributed by atoms with Crippen LogP contribution in [0, 0.1) is 5.92 Å². The highest BCUT2D eigenvalue weighted by molar-refractivity contribution is 7.89. The summed E-state index contributed by atoms with van der Waals surface area (Å²) in [7, 11) is -1.90. The zero-order chi connectivity index (χ0) is 25.4. The first-order chi connectivity index (χ1) is 16.7. The van der Waals surface area contributed by atoms with Crippen LogP contribution in [-0.4, -0.2) is 43.4 Å². The fourth-order valence-electron chi connectivity index (χ4n) is 3.97. The van der Waals surface area contributed by atoms with E-state index in [-0.39, 0.29) is 22.0 Å². The van der Waals surface area contributed by atoms with Gasteiger partial charge >= 0.3 is 0 Å². The second-order valence-electron chi connectivity index (χ2n) is 9.30. The number of ether oxygens (including phenoxy) is 1. The summed E-state index contributed by atoms with van der Waals surface area (Å²) in [6, 6.07) is 13.3. The first-order valence-electron chi connectivity index (χ1n) is 12.1. The number of amides is 1. The van der Waals surface area contributed by atoms with Crippen molar-refractivity contribution in [2.75, 3.05) is 19.0 Å². The normalized spacial score (nSPS) is 14.7. The Morgan fingerprint density at radius 3 is 2.29 bits per heavy atom. The number of hydrogen-bond donors (Lipinski definition) is 2. The number of thiocarbonyl (C=S) groups is 1. The third-order valence-corrected chi connectivity index (χ3v) is 8.31. The van der Waals surface area contributed by atoms with Crippen molar-refractivity contribution in [1.29, 1.82) is 0 Å². The Kier molecular flexibility index (Phi) is 9.65. The van der Waals surface area contributed by atoms with Crippen LogP contribution < -0.4 is 15.4 Å². The van der Waals surface area contributed by atoms with Gasteiger partial charge in [-0.2, -0.15) is 4.31 Å². The van der Waals surface area contributed by atoms with Gasteiger partial charge in [-0.15, -0.1) is 0 Å². The van der Waals surface area contributed by atoms with E-state index in [1.54, 1.807) is 55.6 Å². The Labute approximate surface area is 214 Å². The maximum Gasteiger partial charge on any atom is 0.257 e. The number of anilines is 1. The quantitative estimate of drug-likeness (QED) is 0.445.